The van der Waals surface area contributed by atoms with Gasteiger partial charge in [-0.15, -0.1) is 0 Å². The summed E-state index contributed by atoms with van der Waals surface area (Å²) in [7, 11) is 0. The highest BCUT2D eigenvalue weighted by Gasteiger charge is 2.04. The van der Waals surface area contributed by atoms with Crippen LogP contribution in [-0.4, -0.2) is 36.5 Å². The molecule has 0 spiro atoms. The Morgan fingerprint density at radius 1 is 0.714 bits per heavy atom. The molecule has 0 saturated carbocycles. The van der Waals surface area contributed by atoms with E-state index in [0.717, 1.165) is 11.3 Å². The molecule has 3 heteroatoms. The van der Waals surface area contributed by atoms with Crippen LogP contribution < -0.4 is 4.90 Å². The molecule has 0 aliphatic carbocycles. The lowest BCUT2D eigenvalue weighted by Gasteiger charge is -2.22. The van der Waals surface area contributed by atoms with E-state index in [2.05, 4.69) is 24.3 Å². The number of anilines is 1. The van der Waals surface area contributed by atoms with Gasteiger partial charge >= 0.3 is 0 Å². The molecule has 0 radical (unpaired) electrons. The van der Waals surface area contributed by atoms with Gasteiger partial charge in [-0.2, -0.15) is 0 Å². The van der Waals surface area contributed by atoms with Crippen LogP contribution in [0.15, 0.2) is 54.6 Å². The SMILES string of the molecule is OCCN(CCO)c1ccc(/C=C/c2ccccc2)cc1. The summed E-state index contributed by atoms with van der Waals surface area (Å²) in [6.07, 6.45) is 4.15. The summed E-state index contributed by atoms with van der Waals surface area (Å²) >= 11 is 0. The summed E-state index contributed by atoms with van der Waals surface area (Å²) in [6, 6.07) is 18.3. The predicted octanol–water partition coefficient (Wildman–Crippen LogP) is 2.65. The highest BCUT2D eigenvalue weighted by atomic mass is 16.3. The van der Waals surface area contributed by atoms with Crippen LogP contribution in [0.25, 0.3) is 12.2 Å². The lowest BCUT2D eigenvalue weighted by atomic mass is 10.1. The average molecular weight is 283 g/mol. The molecule has 0 bridgehead atoms. The highest BCUT2D eigenvalue weighted by Crippen LogP contribution is 2.16. The number of aliphatic hydroxyl groups excluding tert-OH is 2. The fourth-order valence-electron chi connectivity index (χ4n) is 2.16. The van der Waals surface area contributed by atoms with Gasteiger partial charge < -0.3 is 15.1 Å². The first-order valence-electron chi connectivity index (χ1n) is 7.13. The fraction of sp³-hybridized carbons (Fsp3) is 0.222. The third-order valence-electron chi connectivity index (χ3n) is 3.27. The smallest absolute Gasteiger partial charge is 0.0606 e. The van der Waals surface area contributed by atoms with Crippen molar-refractivity contribution in [2.75, 3.05) is 31.2 Å². The molecule has 0 atom stereocenters. The molecule has 21 heavy (non-hydrogen) atoms. The van der Waals surface area contributed by atoms with Gasteiger partial charge in [-0.1, -0.05) is 54.6 Å². The standard InChI is InChI=1S/C18H21NO2/c20-14-12-19(13-15-21)18-10-8-17(9-11-18)7-6-16-4-2-1-3-5-16/h1-11,20-21H,12-15H2/b7-6+. The molecule has 3 nitrogen and oxygen atoms in total. The minimum Gasteiger partial charge on any atom is -0.395 e. The zero-order chi connectivity index (χ0) is 14.9. The quantitative estimate of drug-likeness (QED) is 0.768. The first-order valence-corrected chi connectivity index (χ1v) is 7.13. The number of benzene rings is 2. The molecule has 0 heterocycles. The van der Waals surface area contributed by atoms with Crippen LogP contribution in [0, 0.1) is 0 Å². The Kier molecular flexibility index (Phi) is 6.00. The average Bonchev–Trinajstić information content (AvgIpc) is 2.54. The first kappa shape index (κ1) is 15.3. The van der Waals surface area contributed by atoms with Crippen LogP contribution in [0.5, 0.6) is 0 Å². The summed E-state index contributed by atoms with van der Waals surface area (Å²) in [5, 5.41) is 18.1. The lowest BCUT2D eigenvalue weighted by molar-refractivity contribution is 0.281. The van der Waals surface area contributed by atoms with Gasteiger partial charge in [0.1, 0.15) is 0 Å². The summed E-state index contributed by atoms with van der Waals surface area (Å²) in [6.45, 7) is 1.21. The van der Waals surface area contributed by atoms with Gasteiger partial charge in [0.25, 0.3) is 0 Å². The van der Waals surface area contributed by atoms with Gasteiger partial charge in [-0.05, 0) is 23.3 Å². The van der Waals surface area contributed by atoms with E-state index in [9.17, 15) is 0 Å². The Morgan fingerprint density at radius 2 is 1.24 bits per heavy atom. The van der Waals surface area contributed by atoms with Gasteiger partial charge in [0.15, 0.2) is 0 Å². The van der Waals surface area contributed by atoms with Crippen molar-refractivity contribution in [3.63, 3.8) is 0 Å². The van der Waals surface area contributed by atoms with E-state index in [-0.39, 0.29) is 13.2 Å². The van der Waals surface area contributed by atoms with Crippen LogP contribution >= 0.6 is 0 Å². The van der Waals surface area contributed by atoms with E-state index in [1.165, 1.54) is 5.56 Å². The summed E-state index contributed by atoms with van der Waals surface area (Å²) < 4.78 is 0. The second-order valence-electron chi connectivity index (χ2n) is 4.77. The zero-order valence-corrected chi connectivity index (χ0v) is 12.0. The molecule has 2 N–H and O–H groups in total. The maximum Gasteiger partial charge on any atom is 0.0606 e. The molecule has 2 aromatic rings. The lowest BCUT2D eigenvalue weighted by Crippen LogP contribution is -2.29. The molecule has 0 fully saturated rings. The van der Waals surface area contributed by atoms with Crippen molar-refractivity contribution >= 4 is 17.8 Å². The molecule has 110 valence electrons. The van der Waals surface area contributed by atoms with E-state index >= 15 is 0 Å². The topological polar surface area (TPSA) is 43.7 Å². The number of nitrogens with zero attached hydrogens (tertiary/aromatic N) is 1. The Hall–Kier alpha value is -2.10. The minimum atomic E-state index is 0.0790. The minimum absolute atomic E-state index is 0.0790. The molecule has 0 aliphatic rings. The predicted molar refractivity (Wildman–Crippen MR) is 88.2 cm³/mol. The number of aliphatic hydroxyl groups is 2. The molecule has 0 unspecified atom stereocenters. The second-order valence-corrected chi connectivity index (χ2v) is 4.77. The Morgan fingerprint density at radius 3 is 1.76 bits per heavy atom. The van der Waals surface area contributed by atoms with Crippen molar-refractivity contribution in [1.82, 2.24) is 0 Å². The molecule has 0 amide bonds. The normalized spacial score (nSPS) is 11.0. The van der Waals surface area contributed by atoms with Crippen LogP contribution in [0.2, 0.25) is 0 Å². The second kappa shape index (κ2) is 8.25. The van der Waals surface area contributed by atoms with Gasteiger partial charge in [0, 0.05) is 18.8 Å². The van der Waals surface area contributed by atoms with Crippen molar-refractivity contribution in [3.8, 4) is 0 Å². The van der Waals surface area contributed by atoms with E-state index < -0.39 is 0 Å². The van der Waals surface area contributed by atoms with Gasteiger partial charge in [-0.25, -0.2) is 0 Å². The zero-order valence-electron chi connectivity index (χ0n) is 12.0. The van der Waals surface area contributed by atoms with Gasteiger partial charge in [0.2, 0.25) is 0 Å². The van der Waals surface area contributed by atoms with E-state index in [4.69, 9.17) is 10.2 Å². The molecule has 0 aromatic heterocycles. The van der Waals surface area contributed by atoms with E-state index in [1.807, 2.05) is 47.4 Å². The summed E-state index contributed by atoms with van der Waals surface area (Å²) in [4.78, 5) is 1.96. The number of hydrogen-bond donors (Lipinski definition) is 2. The van der Waals surface area contributed by atoms with Crippen molar-refractivity contribution < 1.29 is 10.2 Å². The van der Waals surface area contributed by atoms with Crippen LogP contribution in [-0.2, 0) is 0 Å². The Labute approximate surface area is 125 Å². The Balaban J connectivity index is 2.06. The van der Waals surface area contributed by atoms with Crippen molar-refractivity contribution in [1.29, 1.82) is 0 Å². The van der Waals surface area contributed by atoms with Crippen molar-refractivity contribution in [2.45, 2.75) is 0 Å². The fourth-order valence-corrected chi connectivity index (χ4v) is 2.16. The molecule has 2 aromatic carbocycles. The summed E-state index contributed by atoms with van der Waals surface area (Å²) in [5.41, 5.74) is 3.30. The first-order chi connectivity index (χ1) is 10.3. The molecule has 0 aliphatic heterocycles. The molecular formula is C18H21NO2. The Bertz CT molecular complexity index is 543. The molecule has 2 rings (SSSR count). The summed E-state index contributed by atoms with van der Waals surface area (Å²) in [5.74, 6) is 0. The van der Waals surface area contributed by atoms with Crippen LogP contribution in [0.1, 0.15) is 11.1 Å². The van der Waals surface area contributed by atoms with Gasteiger partial charge in [-0.3, -0.25) is 0 Å². The maximum absolute atomic E-state index is 9.06. The molecular weight excluding hydrogens is 262 g/mol. The number of rotatable bonds is 7. The van der Waals surface area contributed by atoms with Gasteiger partial charge in [0.05, 0.1) is 13.2 Å². The maximum atomic E-state index is 9.06. The number of hydrogen-bond acceptors (Lipinski definition) is 3. The molecule has 0 saturated heterocycles. The van der Waals surface area contributed by atoms with E-state index in [1.54, 1.807) is 0 Å². The van der Waals surface area contributed by atoms with Crippen LogP contribution in [0.4, 0.5) is 5.69 Å². The largest absolute Gasteiger partial charge is 0.395 e. The monoisotopic (exact) mass is 283 g/mol. The van der Waals surface area contributed by atoms with Crippen LogP contribution in [0.3, 0.4) is 0 Å². The third-order valence-corrected chi connectivity index (χ3v) is 3.27. The highest BCUT2D eigenvalue weighted by molar-refractivity contribution is 5.70. The van der Waals surface area contributed by atoms with E-state index in [0.29, 0.717) is 13.1 Å². The third kappa shape index (κ3) is 4.74. The van der Waals surface area contributed by atoms with Crippen molar-refractivity contribution in [3.05, 3.63) is 65.7 Å². The van der Waals surface area contributed by atoms with Crippen molar-refractivity contribution in [2.24, 2.45) is 0 Å².